The van der Waals surface area contributed by atoms with E-state index in [0.29, 0.717) is 24.3 Å². The number of halogens is 1. The maximum Gasteiger partial charge on any atom is 0.148 e. The van der Waals surface area contributed by atoms with Crippen LogP contribution >= 0.6 is 22.9 Å². The van der Waals surface area contributed by atoms with Crippen LogP contribution in [0.3, 0.4) is 0 Å². The van der Waals surface area contributed by atoms with Crippen molar-refractivity contribution in [2.45, 2.75) is 19.3 Å². The summed E-state index contributed by atoms with van der Waals surface area (Å²) in [4.78, 5) is 11.8. The Morgan fingerprint density at radius 3 is 3.00 bits per heavy atom. The second kappa shape index (κ2) is 6.00. The average molecular weight is 381 g/mol. The van der Waals surface area contributed by atoms with Gasteiger partial charge >= 0.3 is 0 Å². The normalized spacial score (nSPS) is 13.5. The molecule has 0 amide bonds. The van der Waals surface area contributed by atoms with Crippen molar-refractivity contribution < 1.29 is 4.79 Å². The predicted molar refractivity (Wildman–Crippen MR) is 102 cm³/mol. The number of hydrogen-bond acceptors (Lipinski definition) is 5. The summed E-state index contributed by atoms with van der Waals surface area (Å²) in [5.41, 5.74) is 5.14. The monoisotopic (exact) mass is 380 g/mol. The molecule has 128 valence electrons. The first-order chi connectivity index (χ1) is 12.7. The van der Waals surface area contributed by atoms with Gasteiger partial charge in [0.2, 0.25) is 0 Å². The molecule has 0 spiro atoms. The lowest BCUT2D eigenvalue weighted by Crippen LogP contribution is -1.93. The summed E-state index contributed by atoms with van der Waals surface area (Å²) in [5.74, 6) is 0.261. The Morgan fingerprint density at radius 2 is 2.08 bits per heavy atom. The zero-order valence-electron chi connectivity index (χ0n) is 13.6. The Morgan fingerprint density at radius 1 is 1.15 bits per heavy atom. The van der Waals surface area contributed by atoms with Crippen molar-refractivity contribution in [2.24, 2.45) is 0 Å². The lowest BCUT2D eigenvalue weighted by molar-refractivity contribution is -0.117. The molecule has 5 nitrogen and oxygen atoms in total. The van der Waals surface area contributed by atoms with Gasteiger partial charge in [0.25, 0.3) is 0 Å². The third-order valence-corrected chi connectivity index (χ3v) is 6.11. The van der Waals surface area contributed by atoms with E-state index in [0.717, 1.165) is 43.2 Å². The number of carbonyl (C=O) groups is 1. The number of H-pyrrole nitrogens is 1. The lowest BCUT2D eigenvalue weighted by atomic mass is 10.0. The van der Waals surface area contributed by atoms with Crippen molar-refractivity contribution in [3.63, 3.8) is 0 Å². The first-order valence-electron chi connectivity index (χ1n) is 8.25. The van der Waals surface area contributed by atoms with E-state index >= 15 is 0 Å². The third kappa shape index (κ3) is 2.53. The molecule has 1 aliphatic rings. The molecule has 4 aromatic rings. The second-order valence-electron chi connectivity index (χ2n) is 6.38. The molecule has 0 atom stereocenters. The number of hydrogen-bond donors (Lipinski definition) is 1. The highest BCUT2D eigenvalue weighted by molar-refractivity contribution is 7.14. The van der Waals surface area contributed by atoms with Crippen LogP contribution < -0.4 is 0 Å². The van der Waals surface area contributed by atoms with E-state index in [4.69, 9.17) is 11.6 Å². The fourth-order valence-corrected chi connectivity index (χ4v) is 4.64. The van der Waals surface area contributed by atoms with E-state index in [9.17, 15) is 4.79 Å². The van der Waals surface area contributed by atoms with Gasteiger partial charge in [-0.15, -0.1) is 10.2 Å². The van der Waals surface area contributed by atoms with E-state index in [1.54, 1.807) is 17.5 Å². The van der Waals surface area contributed by atoms with E-state index in [-0.39, 0.29) is 5.78 Å². The number of nitrogens with zero attached hydrogens (tertiary/aromatic N) is 3. The van der Waals surface area contributed by atoms with Gasteiger partial charge in [-0.1, -0.05) is 47.2 Å². The van der Waals surface area contributed by atoms with Crippen molar-refractivity contribution in [3.8, 4) is 10.6 Å². The SMILES string of the molecule is O=C1Cc2cccc(-c3nnc(Cc4ccc5[nH]ncc5c4Cl)s3)c2C1. The van der Waals surface area contributed by atoms with Crippen LogP contribution in [0, 0.1) is 0 Å². The van der Waals surface area contributed by atoms with Crippen molar-refractivity contribution >= 4 is 39.6 Å². The average Bonchev–Trinajstić information content (AvgIpc) is 3.35. The Labute approximate surface area is 158 Å². The van der Waals surface area contributed by atoms with Gasteiger partial charge in [0.1, 0.15) is 15.8 Å². The highest BCUT2D eigenvalue weighted by Gasteiger charge is 2.23. The summed E-state index contributed by atoms with van der Waals surface area (Å²) < 4.78 is 0. The van der Waals surface area contributed by atoms with Gasteiger partial charge in [-0.05, 0) is 22.8 Å². The minimum absolute atomic E-state index is 0.261. The molecule has 26 heavy (non-hydrogen) atoms. The van der Waals surface area contributed by atoms with E-state index in [1.165, 1.54) is 0 Å². The largest absolute Gasteiger partial charge is 0.299 e. The van der Waals surface area contributed by atoms with Gasteiger partial charge in [-0.2, -0.15) is 5.10 Å². The smallest absolute Gasteiger partial charge is 0.148 e. The molecule has 0 aliphatic heterocycles. The molecule has 5 rings (SSSR count). The number of ketones is 1. The topological polar surface area (TPSA) is 71.5 Å². The molecule has 0 bridgehead atoms. The van der Waals surface area contributed by atoms with E-state index in [1.807, 2.05) is 30.3 Å². The minimum Gasteiger partial charge on any atom is -0.299 e. The van der Waals surface area contributed by atoms with Crippen LogP contribution in [0.4, 0.5) is 0 Å². The Kier molecular flexibility index (Phi) is 3.62. The highest BCUT2D eigenvalue weighted by atomic mass is 35.5. The predicted octanol–water partition coefficient (Wildman–Crippen LogP) is 3.99. The zero-order chi connectivity index (χ0) is 17.7. The lowest BCUT2D eigenvalue weighted by Gasteiger charge is -2.04. The van der Waals surface area contributed by atoms with Crippen LogP contribution in [-0.2, 0) is 24.1 Å². The van der Waals surface area contributed by atoms with Crippen molar-refractivity contribution in [3.05, 3.63) is 63.2 Å². The summed E-state index contributed by atoms with van der Waals surface area (Å²) in [5, 5.41) is 19.0. The number of rotatable bonds is 3. The van der Waals surface area contributed by atoms with Gasteiger partial charge in [-0.25, -0.2) is 0 Å². The van der Waals surface area contributed by atoms with Crippen molar-refractivity contribution in [1.82, 2.24) is 20.4 Å². The van der Waals surface area contributed by atoms with Crippen LogP contribution in [0.15, 0.2) is 36.5 Å². The van der Waals surface area contributed by atoms with Crippen LogP contribution in [0.25, 0.3) is 21.5 Å². The molecule has 7 heteroatoms. The molecule has 0 fully saturated rings. The quantitative estimate of drug-likeness (QED) is 0.583. The van der Waals surface area contributed by atoms with E-state index in [2.05, 4.69) is 20.4 Å². The first kappa shape index (κ1) is 15.7. The number of benzene rings is 2. The molecule has 1 aliphatic carbocycles. The van der Waals surface area contributed by atoms with Crippen molar-refractivity contribution in [2.75, 3.05) is 0 Å². The Hall–Kier alpha value is -2.57. The molecule has 2 aromatic heterocycles. The van der Waals surface area contributed by atoms with Gasteiger partial charge in [0.15, 0.2) is 0 Å². The fourth-order valence-electron chi connectivity index (χ4n) is 3.44. The maximum atomic E-state index is 11.8. The summed E-state index contributed by atoms with van der Waals surface area (Å²) in [6.45, 7) is 0. The maximum absolute atomic E-state index is 11.8. The Balaban J connectivity index is 1.49. The number of aromatic nitrogens is 4. The molecular formula is C19H13ClN4OS. The van der Waals surface area contributed by atoms with E-state index < -0.39 is 0 Å². The molecule has 1 N–H and O–H groups in total. The number of fused-ring (bicyclic) bond motifs is 2. The van der Waals surface area contributed by atoms with Gasteiger partial charge in [0, 0.05) is 30.2 Å². The highest BCUT2D eigenvalue weighted by Crippen LogP contribution is 2.34. The minimum atomic E-state index is 0.261. The number of Topliss-reactive ketones (excluding diaryl/α,β-unsaturated/α-hetero) is 1. The van der Waals surface area contributed by atoms with Crippen LogP contribution in [0.5, 0.6) is 0 Å². The first-order valence-corrected chi connectivity index (χ1v) is 9.44. The summed E-state index contributed by atoms with van der Waals surface area (Å²) in [6, 6.07) is 9.99. The summed E-state index contributed by atoms with van der Waals surface area (Å²) in [7, 11) is 0. The van der Waals surface area contributed by atoms with Gasteiger partial charge in [-0.3, -0.25) is 9.89 Å². The molecule has 2 aromatic carbocycles. The number of nitrogens with one attached hydrogen (secondary N) is 1. The molecule has 0 unspecified atom stereocenters. The third-order valence-electron chi connectivity index (χ3n) is 4.71. The van der Waals surface area contributed by atoms with Crippen LogP contribution in [-0.4, -0.2) is 26.2 Å². The fraction of sp³-hybridized carbons (Fsp3) is 0.158. The summed E-state index contributed by atoms with van der Waals surface area (Å²) in [6.07, 6.45) is 3.36. The van der Waals surface area contributed by atoms with Gasteiger partial charge in [0.05, 0.1) is 16.7 Å². The molecular weight excluding hydrogens is 368 g/mol. The van der Waals surface area contributed by atoms with Crippen molar-refractivity contribution in [1.29, 1.82) is 0 Å². The van der Waals surface area contributed by atoms with Gasteiger partial charge < -0.3 is 0 Å². The van der Waals surface area contributed by atoms with Crippen LogP contribution in [0.1, 0.15) is 21.7 Å². The molecule has 0 saturated carbocycles. The standard InChI is InChI=1S/C19H13ClN4OS/c20-18-11(4-5-16-15(18)9-21-22-16)7-17-23-24-19(26-17)13-3-1-2-10-6-12(25)8-14(10)13/h1-5,9H,6-8H2,(H,21,22). The Bertz CT molecular complexity index is 1160. The molecule has 0 saturated heterocycles. The molecule has 2 heterocycles. The second-order valence-corrected chi connectivity index (χ2v) is 7.82. The number of aromatic amines is 1. The molecule has 0 radical (unpaired) electrons. The number of carbonyl (C=O) groups excluding carboxylic acids is 1. The summed E-state index contributed by atoms with van der Waals surface area (Å²) >= 11 is 8.06. The zero-order valence-corrected chi connectivity index (χ0v) is 15.2. The van der Waals surface area contributed by atoms with Crippen LogP contribution in [0.2, 0.25) is 5.02 Å².